The number of carbonyl (C=O) groups excluding carboxylic acids is 1. The van der Waals surface area contributed by atoms with Gasteiger partial charge in [-0.3, -0.25) is 4.79 Å². The first kappa shape index (κ1) is 16.5. The van der Waals surface area contributed by atoms with Crippen LogP contribution in [0.1, 0.15) is 12.2 Å². The van der Waals surface area contributed by atoms with Gasteiger partial charge in [-0.05, 0) is 36.4 Å². The molecule has 0 radical (unpaired) electrons. The zero-order valence-corrected chi connectivity index (χ0v) is 14.1. The van der Waals surface area contributed by atoms with Crippen LogP contribution in [0, 0.1) is 5.82 Å². The van der Waals surface area contributed by atoms with E-state index in [1.807, 2.05) is 35.9 Å². The predicted molar refractivity (Wildman–Crippen MR) is 94.3 cm³/mol. The summed E-state index contributed by atoms with van der Waals surface area (Å²) < 4.78 is 14.8. The molecule has 0 spiro atoms. The number of thioether (sulfide) groups is 1. The van der Waals surface area contributed by atoms with Gasteiger partial charge in [-0.15, -0.1) is 11.8 Å². The monoisotopic (exact) mass is 343 g/mol. The standard InChI is InChI=1S/C18H18FN3OS/c1-22-16-5-3-2-4-15(16)21-17(22)12-20-18(23)10-11-24-14-8-6-13(19)7-9-14/h2-9H,10-12H2,1H3,(H,20,23). The second-order valence-corrected chi connectivity index (χ2v) is 6.57. The summed E-state index contributed by atoms with van der Waals surface area (Å²) in [6, 6.07) is 14.2. The zero-order valence-electron chi connectivity index (χ0n) is 13.3. The van der Waals surface area contributed by atoms with Crippen LogP contribution in [-0.4, -0.2) is 21.2 Å². The Morgan fingerprint density at radius 1 is 1.21 bits per heavy atom. The molecule has 0 saturated carbocycles. The molecule has 0 aliphatic rings. The number of halogens is 1. The fraction of sp³-hybridized carbons (Fsp3) is 0.222. The molecule has 1 amide bonds. The molecule has 1 heterocycles. The summed E-state index contributed by atoms with van der Waals surface area (Å²) in [6.45, 7) is 0.408. The molecule has 0 saturated heterocycles. The quantitative estimate of drug-likeness (QED) is 0.697. The number of fused-ring (bicyclic) bond motifs is 1. The third-order valence-corrected chi connectivity index (χ3v) is 4.75. The van der Waals surface area contributed by atoms with E-state index in [4.69, 9.17) is 0 Å². The SMILES string of the molecule is Cn1c(CNC(=O)CCSc2ccc(F)cc2)nc2ccccc21. The summed E-state index contributed by atoms with van der Waals surface area (Å²) in [5.74, 6) is 1.21. The molecule has 0 bridgehead atoms. The number of aromatic nitrogens is 2. The lowest BCUT2D eigenvalue weighted by atomic mass is 10.3. The molecular formula is C18H18FN3OS. The number of nitrogens with one attached hydrogen (secondary N) is 1. The molecule has 0 unspecified atom stereocenters. The van der Waals surface area contributed by atoms with Gasteiger partial charge in [0, 0.05) is 24.1 Å². The molecule has 0 aliphatic carbocycles. The molecular weight excluding hydrogens is 325 g/mol. The van der Waals surface area contributed by atoms with Gasteiger partial charge >= 0.3 is 0 Å². The highest BCUT2D eigenvalue weighted by atomic mass is 32.2. The Morgan fingerprint density at radius 2 is 1.96 bits per heavy atom. The Morgan fingerprint density at radius 3 is 2.71 bits per heavy atom. The van der Waals surface area contributed by atoms with Crippen LogP contribution in [-0.2, 0) is 18.4 Å². The maximum Gasteiger partial charge on any atom is 0.221 e. The van der Waals surface area contributed by atoms with Crippen molar-refractivity contribution >= 4 is 28.7 Å². The van der Waals surface area contributed by atoms with Gasteiger partial charge in [0.1, 0.15) is 11.6 Å². The van der Waals surface area contributed by atoms with Crippen LogP contribution in [0.3, 0.4) is 0 Å². The Bertz CT molecular complexity index is 845. The lowest BCUT2D eigenvalue weighted by molar-refractivity contribution is -0.120. The van der Waals surface area contributed by atoms with Crippen LogP contribution < -0.4 is 5.32 Å². The Kier molecular flexibility index (Phi) is 5.15. The first-order valence-corrected chi connectivity index (χ1v) is 8.67. The van der Waals surface area contributed by atoms with Crippen LogP contribution in [0.2, 0.25) is 0 Å². The first-order chi connectivity index (χ1) is 11.6. The van der Waals surface area contributed by atoms with Gasteiger partial charge in [-0.1, -0.05) is 12.1 Å². The lowest BCUT2D eigenvalue weighted by Crippen LogP contribution is -2.24. The molecule has 1 N–H and O–H groups in total. The molecule has 124 valence electrons. The van der Waals surface area contributed by atoms with Crippen LogP contribution in [0.5, 0.6) is 0 Å². The van der Waals surface area contributed by atoms with E-state index in [2.05, 4.69) is 10.3 Å². The average molecular weight is 343 g/mol. The molecule has 0 atom stereocenters. The highest BCUT2D eigenvalue weighted by molar-refractivity contribution is 7.99. The summed E-state index contributed by atoms with van der Waals surface area (Å²) in [5, 5.41) is 2.90. The fourth-order valence-electron chi connectivity index (χ4n) is 2.41. The molecule has 3 rings (SSSR count). The van der Waals surface area contributed by atoms with Gasteiger partial charge in [0.05, 0.1) is 17.6 Å². The number of aryl methyl sites for hydroxylation is 1. The minimum atomic E-state index is -0.250. The van der Waals surface area contributed by atoms with Crippen molar-refractivity contribution in [2.45, 2.75) is 17.9 Å². The molecule has 1 aromatic heterocycles. The topological polar surface area (TPSA) is 46.9 Å². The third kappa shape index (κ3) is 3.94. The van der Waals surface area contributed by atoms with Crippen molar-refractivity contribution in [1.82, 2.24) is 14.9 Å². The van der Waals surface area contributed by atoms with E-state index in [-0.39, 0.29) is 11.7 Å². The molecule has 4 nitrogen and oxygen atoms in total. The summed E-state index contributed by atoms with van der Waals surface area (Å²) in [7, 11) is 1.95. The van der Waals surface area contributed by atoms with Crippen LogP contribution in [0.15, 0.2) is 53.4 Å². The maximum absolute atomic E-state index is 12.8. The molecule has 6 heteroatoms. The van der Waals surface area contributed by atoms with Crippen molar-refractivity contribution in [3.05, 3.63) is 60.2 Å². The number of benzene rings is 2. The van der Waals surface area contributed by atoms with Crippen molar-refractivity contribution < 1.29 is 9.18 Å². The van der Waals surface area contributed by atoms with Gasteiger partial charge in [-0.2, -0.15) is 0 Å². The van der Waals surface area contributed by atoms with Crippen molar-refractivity contribution in [1.29, 1.82) is 0 Å². The molecule has 0 fully saturated rings. The Hall–Kier alpha value is -2.34. The molecule has 3 aromatic rings. The van der Waals surface area contributed by atoms with E-state index < -0.39 is 0 Å². The number of amides is 1. The highest BCUT2D eigenvalue weighted by Crippen LogP contribution is 2.19. The van der Waals surface area contributed by atoms with E-state index in [1.54, 1.807) is 12.1 Å². The number of rotatable bonds is 6. The van der Waals surface area contributed by atoms with Gasteiger partial charge in [0.2, 0.25) is 5.91 Å². The van der Waals surface area contributed by atoms with E-state index in [0.29, 0.717) is 18.7 Å². The minimum Gasteiger partial charge on any atom is -0.349 e. The van der Waals surface area contributed by atoms with E-state index in [1.165, 1.54) is 23.9 Å². The van der Waals surface area contributed by atoms with Crippen molar-refractivity contribution in [2.24, 2.45) is 7.05 Å². The van der Waals surface area contributed by atoms with Gasteiger partial charge in [-0.25, -0.2) is 9.37 Å². The Labute approximate surface area is 144 Å². The second-order valence-electron chi connectivity index (χ2n) is 5.40. The summed E-state index contributed by atoms with van der Waals surface area (Å²) in [5.41, 5.74) is 1.98. The predicted octanol–water partition coefficient (Wildman–Crippen LogP) is 3.51. The van der Waals surface area contributed by atoms with E-state index in [0.717, 1.165) is 21.8 Å². The van der Waals surface area contributed by atoms with Gasteiger partial charge in [0.25, 0.3) is 0 Å². The number of imidazole rings is 1. The fourth-order valence-corrected chi connectivity index (χ4v) is 3.26. The number of nitrogens with zero attached hydrogens (tertiary/aromatic N) is 2. The number of para-hydroxylation sites is 2. The lowest BCUT2D eigenvalue weighted by Gasteiger charge is -2.06. The molecule has 2 aromatic carbocycles. The number of hydrogen-bond donors (Lipinski definition) is 1. The van der Waals surface area contributed by atoms with Gasteiger partial charge in [0.15, 0.2) is 0 Å². The second kappa shape index (κ2) is 7.49. The van der Waals surface area contributed by atoms with E-state index in [9.17, 15) is 9.18 Å². The summed E-state index contributed by atoms with van der Waals surface area (Å²) >= 11 is 1.54. The van der Waals surface area contributed by atoms with E-state index >= 15 is 0 Å². The zero-order chi connectivity index (χ0) is 16.9. The largest absolute Gasteiger partial charge is 0.349 e. The normalized spacial score (nSPS) is 10.9. The highest BCUT2D eigenvalue weighted by Gasteiger charge is 2.08. The minimum absolute atomic E-state index is 0.0170. The smallest absolute Gasteiger partial charge is 0.221 e. The van der Waals surface area contributed by atoms with Crippen LogP contribution >= 0.6 is 11.8 Å². The third-order valence-electron chi connectivity index (χ3n) is 3.73. The average Bonchev–Trinajstić information content (AvgIpc) is 2.91. The molecule has 24 heavy (non-hydrogen) atoms. The number of carbonyl (C=O) groups is 1. The van der Waals surface area contributed by atoms with Crippen LogP contribution in [0.25, 0.3) is 11.0 Å². The molecule has 0 aliphatic heterocycles. The van der Waals surface area contributed by atoms with Crippen molar-refractivity contribution in [3.63, 3.8) is 0 Å². The van der Waals surface area contributed by atoms with Crippen molar-refractivity contribution in [3.8, 4) is 0 Å². The first-order valence-electron chi connectivity index (χ1n) is 7.69. The van der Waals surface area contributed by atoms with Crippen LogP contribution in [0.4, 0.5) is 4.39 Å². The van der Waals surface area contributed by atoms with Crippen molar-refractivity contribution in [2.75, 3.05) is 5.75 Å². The summed E-state index contributed by atoms with van der Waals surface area (Å²) in [4.78, 5) is 17.5. The maximum atomic E-state index is 12.8. The van der Waals surface area contributed by atoms with Gasteiger partial charge < -0.3 is 9.88 Å². The Balaban J connectivity index is 1.48. The number of hydrogen-bond acceptors (Lipinski definition) is 3. The summed E-state index contributed by atoms with van der Waals surface area (Å²) in [6.07, 6.45) is 0.409.